The van der Waals surface area contributed by atoms with Crippen LogP contribution in [0.15, 0.2) is 54.6 Å². The van der Waals surface area contributed by atoms with E-state index in [2.05, 4.69) is 0 Å². The predicted octanol–water partition coefficient (Wildman–Crippen LogP) is 3.62. The van der Waals surface area contributed by atoms with Gasteiger partial charge in [-0.1, -0.05) is 49.4 Å². The maximum Gasteiger partial charge on any atom is 0.308 e. The fourth-order valence-corrected chi connectivity index (χ4v) is 2.14. The summed E-state index contributed by atoms with van der Waals surface area (Å²) in [5.74, 6) is 0.471. The second-order valence-electron chi connectivity index (χ2n) is 5.05. The highest BCUT2D eigenvalue weighted by atomic mass is 16.5. The Morgan fingerprint density at radius 1 is 1.05 bits per heavy atom. The lowest BCUT2D eigenvalue weighted by Crippen LogP contribution is -2.15. The summed E-state index contributed by atoms with van der Waals surface area (Å²) in [4.78, 5) is 11.5. The van der Waals surface area contributed by atoms with Crippen LogP contribution in [0.25, 0.3) is 0 Å². The first-order valence-corrected chi connectivity index (χ1v) is 7.02. The maximum atomic E-state index is 11.5. The molecule has 0 amide bonds. The van der Waals surface area contributed by atoms with E-state index in [0.29, 0.717) is 13.0 Å². The van der Waals surface area contributed by atoms with Crippen molar-refractivity contribution < 1.29 is 14.3 Å². The molecule has 0 aliphatic heterocycles. The van der Waals surface area contributed by atoms with E-state index in [1.54, 1.807) is 0 Å². The molecule has 0 heterocycles. The van der Waals surface area contributed by atoms with Crippen molar-refractivity contribution in [2.24, 2.45) is 5.92 Å². The van der Waals surface area contributed by atoms with Gasteiger partial charge in [0, 0.05) is 0 Å². The van der Waals surface area contributed by atoms with Crippen molar-refractivity contribution >= 4 is 5.97 Å². The standard InChI is InChI=1S/C18H20O3/c1-14(18(19)20-2)11-16-9-6-10-17(12-16)21-13-15-7-4-3-5-8-15/h3-10,12,14H,11,13H2,1-2H3. The van der Waals surface area contributed by atoms with Crippen molar-refractivity contribution in [1.29, 1.82) is 0 Å². The van der Waals surface area contributed by atoms with Crippen LogP contribution in [0, 0.1) is 5.92 Å². The molecule has 0 saturated heterocycles. The third-order valence-corrected chi connectivity index (χ3v) is 3.29. The molecule has 0 aliphatic carbocycles. The van der Waals surface area contributed by atoms with E-state index in [1.807, 2.05) is 61.5 Å². The Labute approximate surface area is 125 Å². The Morgan fingerprint density at radius 3 is 2.48 bits per heavy atom. The second kappa shape index (κ2) is 7.48. The Morgan fingerprint density at radius 2 is 1.76 bits per heavy atom. The van der Waals surface area contributed by atoms with Gasteiger partial charge in [0.25, 0.3) is 0 Å². The zero-order valence-corrected chi connectivity index (χ0v) is 12.4. The van der Waals surface area contributed by atoms with Gasteiger partial charge in [0.1, 0.15) is 12.4 Å². The molecular formula is C18H20O3. The summed E-state index contributed by atoms with van der Waals surface area (Å²) in [6.45, 7) is 2.40. The van der Waals surface area contributed by atoms with Crippen molar-refractivity contribution in [1.82, 2.24) is 0 Å². The molecule has 2 rings (SSSR count). The summed E-state index contributed by atoms with van der Waals surface area (Å²) >= 11 is 0. The number of carbonyl (C=O) groups excluding carboxylic acids is 1. The zero-order chi connectivity index (χ0) is 15.1. The van der Waals surface area contributed by atoms with Gasteiger partial charge in [-0.3, -0.25) is 4.79 Å². The van der Waals surface area contributed by atoms with E-state index in [9.17, 15) is 4.79 Å². The molecule has 0 saturated carbocycles. The molecule has 0 aliphatic rings. The molecule has 3 nitrogen and oxygen atoms in total. The highest BCUT2D eigenvalue weighted by Crippen LogP contribution is 2.18. The number of rotatable bonds is 6. The van der Waals surface area contributed by atoms with Crippen molar-refractivity contribution in [2.45, 2.75) is 20.0 Å². The smallest absolute Gasteiger partial charge is 0.308 e. The quantitative estimate of drug-likeness (QED) is 0.760. The van der Waals surface area contributed by atoms with Crippen LogP contribution >= 0.6 is 0 Å². The van der Waals surface area contributed by atoms with E-state index in [4.69, 9.17) is 9.47 Å². The van der Waals surface area contributed by atoms with Gasteiger partial charge in [-0.15, -0.1) is 0 Å². The molecule has 2 aromatic rings. The molecule has 110 valence electrons. The summed E-state index contributed by atoms with van der Waals surface area (Å²) in [6.07, 6.45) is 0.648. The van der Waals surface area contributed by atoms with E-state index >= 15 is 0 Å². The molecule has 0 N–H and O–H groups in total. The maximum absolute atomic E-state index is 11.5. The van der Waals surface area contributed by atoms with Gasteiger partial charge in [0.15, 0.2) is 0 Å². The first-order valence-electron chi connectivity index (χ1n) is 7.02. The van der Waals surface area contributed by atoms with Crippen LogP contribution in [-0.4, -0.2) is 13.1 Å². The highest BCUT2D eigenvalue weighted by Gasteiger charge is 2.13. The number of esters is 1. The minimum absolute atomic E-state index is 0.153. The van der Waals surface area contributed by atoms with Crippen molar-refractivity contribution in [3.63, 3.8) is 0 Å². The summed E-state index contributed by atoms with van der Waals surface area (Å²) < 4.78 is 10.5. The summed E-state index contributed by atoms with van der Waals surface area (Å²) in [7, 11) is 1.41. The fraction of sp³-hybridized carbons (Fsp3) is 0.278. The zero-order valence-electron chi connectivity index (χ0n) is 12.4. The first-order chi connectivity index (χ1) is 10.2. The fourth-order valence-electron chi connectivity index (χ4n) is 2.14. The molecular weight excluding hydrogens is 264 g/mol. The highest BCUT2D eigenvalue weighted by molar-refractivity contribution is 5.72. The van der Waals surface area contributed by atoms with Gasteiger partial charge in [-0.2, -0.15) is 0 Å². The van der Waals surface area contributed by atoms with Crippen LogP contribution < -0.4 is 4.74 Å². The van der Waals surface area contributed by atoms with Gasteiger partial charge in [-0.05, 0) is 29.7 Å². The number of benzene rings is 2. The molecule has 0 fully saturated rings. The number of carbonyl (C=O) groups is 1. The van der Waals surface area contributed by atoms with Crippen LogP contribution in [-0.2, 0) is 22.6 Å². The van der Waals surface area contributed by atoms with Crippen LogP contribution in [0.1, 0.15) is 18.1 Å². The Hall–Kier alpha value is -2.29. The number of methoxy groups -OCH3 is 1. The molecule has 1 atom stereocenters. The predicted molar refractivity (Wildman–Crippen MR) is 82.1 cm³/mol. The average molecular weight is 284 g/mol. The van der Waals surface area contributed by atoms with Crippen LogP contribution in [0.5, 0.6) is 5.75 Å². The molecule has 0 spiro atoms. The van der Waals surface area contributed by atoms with E-state index < -0.39 is 0 Å². The molecule has 3 heteroatoms. The van der Waals surface area contributed by atoms with Gasteiger partial charge in [0.05, 0.1) is 13.0 Å². The summed E-state index contributed by atoms with van der Waals surface area (Å²) in [6, 6.07) is 17.9. The lowest BCUT2D eigenvalue weighted by Gasteiger charge is -2.11. The minimum atomic E-state index is -0.189. The number of ether oxygens (including phenoxy) is 2. The minimum Gasteiger partial charge on any atom is -0.489 e. The largest absolute Gasteiger partial charge is 0.489 e. The second-order valence-corrected chi connectivity index (χ2v) is 5.05. The summed E-state index contributed by atoms with van der Waals surface area (Å²) in [5, 5.41) is 0. The van der Waals surface area contributed by atoms with Gasteiger partial charge in [0.2, 0.25) is 0 Å². The van der Waals surface area contributed by atoms with E-state index in [0.717, 1.165) is 16.9 Å². The third-order valence-electron chi connectivity index (χ3n) is 3.29. The Balaban J connectivity index is 1.96. The molecule has 0 radical (unpaired) electrons. The molecule has 0 aromatic heterocycles. The summed E-state index contributed by atoms with van der Waals surface area (Å²) in [5.41, 5.74) is 2.20. The lowest BCUT2D eigenvalue weighted by molar-refractivity contribution is -0.144. The lowest BCUT2D eigenvalue weighted by atomic mass is 10.0. The van der Waals surface area contributed by atoms with Crippen molar-refractivity contribution in [2.75, 3.05) is 7.11 Å². The average Bonchev–Trinajstić information content (AvgIpc) is 2.53. The Kier molecular flexibility index (Phi) is 5.38. The van der Waals surface area contributed by atoms with Gasteiger partial charge < -0.3 is 9.47 Å². The van der Waals surface area contributed by atoms with E-state index in [1.165, 1.54) is 7.11 Å². The van der Waals surface area contributed by atoms with Crippen LogP contribution in [0.2, 0.25) is 0 Å². The van der Waals surface area contributed by atoms with Crippen molar-refractivity contribution in [3.8, 4) is 5.75 Å². The van der Waals surface area contributed by atoms with Gasteiger partial charge >= 0.3 is 5.97 Å². The van der Waals surface area contributed by atoms with Gasteiger partial charge in [-0.25, -0.2) is 0 Å². The molecule has 1 unspecified atom stereocenters. The third kappa shape index (κ3) is 4.63. The number of hydrogen-bond acceptors (Lipinski definition) is 3. The monoisotopic (exact) mass is 284 g/mol. The topological polar surface area (TPSA) is 35.5 Å². The SMILES string of the molecule is COC(=O)C(C)Cc1cccc(OCc2ccccc2)c1. The normalized spacial score (nSPS) is 11.7. The number of hydrogen-bond donors (Lipinski definition) is 0. The van der Waals surface area contributed by atoms with Crippen LogP contribution in [0.3, 0.4) is 0 Å². The molecule has 0 bridgehead atoms. The van der Waals surface area contributed by atoms with Crippen LogP contribution in [0.4, 0.5) is 0 Å². The Bertz CT molecular complexity index is 578. The van der Waals surface area contributed by atoms with Crippen molar-refractivity contribution in [3.05, 3.63) is 65.7 Å². The van der Waals surface area contributed by atoms with E-state index in [-0.39, 0.29) is 11.9 Å². The molecule has 21 heavy (non-hydrogen) atoms. The first kappa shape index (κ1) is 15.1. The molecule has 2 aromatic carbocycles.